The van der Waals surface area contributed by atoms with Gasteiger partial charge in [-0.2, -0.15) is 4.31 Å². The number of carbonyl (C=O) groups is 1. The molecule has 0 spiro atoms. The molecular weight excluding hydrogens is 420 g/mol. The molecule has 0 bridgehead atoms. The van der Waals surface area contributed by atoms with Crippen LogP contribution >= 0.6 is 0 Å². The SMILES string of the molecule is COc1ccc(OC)c(S(=O)(=O)N2CCN(C(=O)C(C)S(=O)(=O)C(C)C)CC2)c1. The Morgan fingerprint density at radius 3 is 2.03 bits per heavy atom. The number of amides is 1. The Morgan fingerprint density at radius 2 is 1.55 bits per heavy atom. The van der Waals surface area contributed by atoms with E-state index in [0.29, 0.717) is 5.75 Å². The molecule has 0 saturated carbocycles. The van der Waals surface area contributed by atoms with Crippen LogP contribution in [0.3, 0.4) is 0 Å². The molecule has 0 N–H and O–H groups in total. The molecular formula is C18H28N2O7S2. The number of benzene rings is 1. The van der Waals surface area contributed by atoms with Crippen LogP contribution in [0.25, 0.3) is 0 Å². The summed E-state index contributed by atoms with van der Waals surface area (Å²) in [6.45, 7) is 4.79. The van der Waals surface area contributed by atoms with Crippen molar-refractivity contribution in [2.45, 2.75) is 36.2 Å². The van der Waals surface area contributed by atoms with Crippen LogP contribution in [0.1, 0.15) is 20.8 Å². The summed E-state index contributed by atoms with van der Waals surface area (Å²) >= 11 is 0. The summed E-state index contributed by atoms with van der Waals surface area (Å²) in [5.74, 6) is 0.0709. The maximum Gasteiger partial charge on any atom is 0.247 e. The predicted octanol–water partition coefficient (Wildman–Crippen LogP) is 0.748. The summed E-state index contributed by atoms with van der Waals surface area (Å²) in [6, 6.07) is 4.51. The average Bonchev–Trinajstić information content (AvgIpc) is 2.71. The van der Waals surface area contributed by atoms with Crippen molar-refractivity contribution < 1.29 is 31.1 Å². The zero-order valence-electron chi connectivity index (χ0n) is 17.3. The maximum atomic E-state index is 13.1. The van der Waals surface area contributed by atoms with Gasteiger partial charge in [0.1, 0.15) is 21.6 Å². The van der Waals surface area contributed by atoms with E-state index in [1.54, 1.807) is 6.07 Å². The summed E-state index contributed by atoms with van der Waals surface area (Å²) in [6.07, 6.45) is 0. The molecule has 1 heterocycles. The third kappa shape index (κ3) is 4.67. The summed E-state index contributed by atoms with van der Waals surface area (Å²) in [7, 11) is -4.63. The predicted molar refractivity (Wildman–Crippen MR) is 108 cm³/mol. The molecule has 1 aromatic carbocycles. The molecule has 2 rings (SSSR count). The van der Waals surface area contributed by atoms with Gasteiger partial charge in [0, 0.05) is 32.2 Å². The van der Waals surface area contributed by atoms with E-state index < -0.39 is 36.3 Å². The second-order valence-electron chi connectivity index (χ2n) is 7.03. The van der Waals surface area contributed by atoms with E-state index in [1.165, 1.54) is 56.3 Å². The number of rotatable bonds is 7. The van der Waals surface area contributed by atoms with E-state index in [4.69, 9.17) is 9.47 Å². The number of ether oxygens (including phenoxy) is 2. The standard InChI is InChI=1S/C18H28N2O7S2/c1-13(2)28(22,23)14(3)18(21)19-8-10-20(11-9-19)29(24,25)17-12-15(26-4)6-7-16(17)27-5/h6-7,12-14H,8-11H2,1-5H3. The number of nitrogens with zero attached hydrogens (tertiary/aromatic N) is 2. The molecule has 0 aliphatic carbocycles. The summed E-state index contributed by atoms with van der Waals surface area (Å²) in [5, 5.41) is -1.83. The van der Waals surface area contributed by atoms with E-state index in [2.05, 4.69) is 0 Å². The first kappa shape index (κ1) is 23.4. The molecule has 1 amide bonds. The highest BCUT2D eigenvalue weighted by molar-refractivity contribution is 7.93. The average molecular weight is 449 g/mol. The van der Waals surface area contributed by atoms with E-state index in [1.807, 2.05) is 0 Å². The molecule has 11 heteroatoms. The Kier molecular flexibility index (Phi) is 7.18. The van der Waals surface area contributed by atoms with Crippen LogP contribution in [0.15, 0.2) is 23.1 Å². The molecule has 164 valence electrons. The number of piperazine rings is 1. The van der Waals surface area contributed by atoms with Crippen LogP contribution in [0.5, 0.6) is 11.5 Å². The highest BCUT2D eigenvalue weighted by atomic mass is 32.2. The zero-order valence-corrected chi connectivity index (χ0v) is 18.9. The van der Waals surface area contributed by atoms with Gasteiger partial charge in [-0.3, -0.25) is 4.79 Å². The number of carbonyl (C=O) groups excluding carboxylic acids is 1. The fourth-order valence-electron chi connectivity index (χ4n) is 3.08. The minimum atomic E-state index is -3.88. The van der Waals surface area contributed by atoms with Gasteiger partial charge in [0.25, 0.3) is 0 Å². The summed E-state index contributed by atoms with van der Waals surface area (Å²) in [4.78, 5) is 14.0. The van der Waals surface area contributed by atoms with Crippen LogP contribution in [0, 0.1) is 0 Å². The molecule has 1 aromatic rings. The van der Waals surface area contributed by atoms with Gasteiger partial charge in [0.15, 0.2) is 9.84 Å². The molecule has 1 aliphatic rings. The summed E-state index contributed by atoms with van der Waals surface area (Å²) in [5.41, 5.74) is 0. The third-order valence-electron chi connectivity index (χ3n) is 5.04. The van der Waals surface area contributed by atoms with Gasteiger partial charge in [-0.15, -0.1) is 0 Å². The molecule has 1 saturated heterocycles. The zero-order chi connectivity index (χ0) is 22.0. The van der Waals surface area contributed by atoms with Crippen LogP contribution in [-0.4, -0.2) is 82.8 Å². The van der Waals surface area contributed by atoms with Crippen molar-refractivity contribution in [3.05, 3.63) is 18.2 Å². The largest absolute Gasteiger partial charge is 0.497 e. The van der Waals surface area contributed by atoms with Crippen LogP contribution < -0.4 is 9.47 Å². The van der Waals surface area contributed by atoms with Crippen molar-refractivity contribution in [3.8, 4) is 11.5 Å². The number of hydrogen-bond donors (Lipinski definition) is 0. The smallest absolute Gasteiger partial charge is 0.247 e. The van der Waals surface area contributed by atoms with Gasteiger partial charge in [0.05, 0.1) is 19.5 Å². The van der Waals surface area contributed by atoms with Crippen LogP contribution in [0.4, 0.5) is 0 Å². The Labute approximate surface area is 172 Å². The number of sulfonamides is 1. The van der Waals surface area contributed by atoms with Gasteiger partial charge in [-0.25, -0.2) is 16.8 Å². The minimum absolute atomic E-state index is 0.0186. The van der Waals surface area contributed by atoms with Gasteiger partial charge >= 0.3 is 0 Å². The number of hydrogen-bond acceptors (Lipinski definition) is 7. The second kappa shape index (κ2) is 8.88. The first-order valence-corrected chi connectivity index (χ1v) is 12.3. The fourth-order valence-corrected chi connectivity index (χ4v) is 5.92. The lowest BCUT2D eigenvalue weighted by molar-refractivity contribution is -0.131. The topological polar surface area (TPSA) is 110 Å². The maximum absolute atomic E-state index is 13.1. The molecule has 1 unspecified atom stereocenters. The quantitative estimate of drug-likeness (QED) is 0.605. The fraction of sp³-hybridized carbons (Fsp3) is 0.611. The van der Waals surface area contributed by atoms with Gasteiger partial charge < -0.3 is 14.4 Å². The van der Waals surface area contributed by atoms with Crippen molar-refractivity contribution in [2.75, 3.05) is 40.4 Å². The Balaban J connectivity index is 2.17. The van der Waals surface area contributed by atoms with E-state index in [-0.39, 0.29) is 36.8 Å². The van der Waals surface area contributed by atoms with Crippen LogP contribution in [0.2, 0.25) is 0 Å². The number of methoxy groups -OCH3 is 2. The third-order valence-corrected chi connectivity index (χ3v) is 9.46. The van der Waals surface area contributed by atoms with E-state index in [0.717, 1.165) is 0 Å². The van der Waals surface area contributed by atoms with Crippen molar-refractivity contribution in [1.82, 2.24) is 9.21 Å². The second-order valence-corrected chi connectivity index (χ2v) is 11.8. The number of sulfone groups is 1. The molecule has 9 nitrogen and oxygen atoms in total. The molecule has 1 fully saturated rings. The molecule has 1 atom stereocenters. The molecule has 0 aromatic heterocycles. The highest BCUT2D eigenvalue weighted by Gasteiger charge is 2.37. The van der Waals surface area contributed by atoms with Crippen molar-refractivity contribution in [1.29, 1.82) is 0 Å². The van der Waals surface area contributed by atoms with Gasteiger partial charge in [-0.1, -0.05) is 0 Å². The van der Waals surface area contributed by atoms with Crippen molar-refractivity contribution in [3.63, 3.8) is 0 Å². The molecule has 1 aliphatic heterocycles. The Hall–Kier alpha value is -1.85. The van der Waals surface area contributed by atoms with E-state index in [9.17, 15) is 21.6 Å². The lowest BCUT2D eigenvalue weighted by Crippen LogP contribution is -2.53. The first-order valence-electron chi connectivity index (χ1n) is 9.20. The van der Waals surface area contributed by atoms with Crippen molar-refractivity contribution >= 4 is 25.8 Å². The van der Waals surface area contributed by atoms with Gasteiger partial charge in [-0.05, 0) is 32.9 Å². The Bertz CT molecular complexity index is 950. The molecule has 29 heavy (non-hydrogen) atoms. The van der Waals surface area contributed by atoms with Crippen LogP contribution in [-0.2, 0) is 24.7 Å². The minimum Gasteiger partial charge on any atom is -0.497 e. The Morgan fingerprint density at radius 1 is 0.966 bits per heavy atom. The normalized spacial score (nSPS) is 17.2. The summed E-state index contributed by atoms with van der Waals surface area (Å²) < 4.78 is 62.3. The lowest BCUT2D eigenvalue weighted by Gasteiger charge is -2.35. The van der Waals surface area contributed by atoms with Gasteiger partial charge in [0.2, 0.25) is 15.9 Å². The highest BCUT2D eigenvalue weighted by Crippen LogP contribution is 2.31. The van der Waals surface area contributed by atoms with Crippen molar-refractivity contribution in [2.24, 2.45) is 0 Å². The lowest BCUT2D eigenvalue weighted by atomic mass is 10.3. The first-order chi connectivity index (χ1) is 13.5. The molecule has 0 radical (unpaired) electrons. The van der Waals surface area contributed by atoms with E-state index >= 15 is 0 Å². The monoisotopic (exact) mass is 448 g/mol.